The molecule has 9 heteroatoms. The van der Waals surface area contributed by atoms with Gasteiger partial charge in [-0.1, -0.05) is 0 Å². The zero-order chi connectivity index (χ0) is 17.2. The highest BCUT2D eigenvalue weighted by Crippen LogP contribution is 2.02. The molecular formula is C15H18N6O3. The Morgan fingerprint density at radius 3 is 1.75 bits per heavy atom. The van der Waals surface area contributed by atoms with Gasteiger partial charge in [-0.2, -0.15) is 0 Å². The molecule has 126 valence electrons. The molecule has 4 amide bonds. The van der Waals surface area contributed by atoms with Gasteiger partial charge in [0.05, 0.1) is 29.9 Å². The number of carbonyl (C=O) groups is 2. The molecule has 5 N–H and O–H groups in total. The monoisotopic (exact) mass is 330 g/mol. The van der Waals surface area contributed by atoms with Crippen molar-refractivity contribution in [1.29, 1.82) is 0 Å². The highest BCUT2D eigenvalue weighted by atomic mass is 16.3. The Hall–Kier alpha value is -3.20. The quantitative estimate of drug-likeness (QED) is 0.535. The van der Waals surface area contributed by atoms with Crippen LogP contribution in [-0.4, -0.2) is 46.3 Å². The Morgan fingerprint density at radius 1 is 0.917 bits per heavy atom. The summed E-state index contributed by atoms with van der Waals surface area (Å²) in [6.45, 7) is -0.0292. The van der Waals surface area contributed by atoms with Crippen molar-refractivity contribution in [2.24, 2.45) is 0 Å². The van der Waals surface area contributed by atoms with Crippen LogP contribution in [0.5, 0.6) is 0 Å². The predicted octanol–water partition coefficient (Wildman–Crippen LogP) is 0.781. The maximum absolute atomic E-state index is 11.6. The zero-order valence-corrected chi connectivity index (χ0v) is 12.8. The van der Waals surface area contributed by atoms with Crippen LogP contribution in [0.4, 0.5) is 21.0 Å². The Bertz CT molecular complexity index is 595. The molecule has 0 fully saturated rings. The van der Waals surface area contributed by atoms with Crippen molar-refractivity contribution in [2.45, 2.75) is 6.10 Å². The second-order valence-electron chi connectivity index (χ2n) is 4.81. The number of hydrogen-bond acceptors (Lipinski definition) is 5. The minimum atomic E-state index is -0.927. The van der Waals surface area contributed by atoms with Crippen molar-refractivity contribution >= 4 is 23.4 Å². The summed E-state index contributed by atoms with van der Waals surface area (Å²) in [6.07, 6.45) is 5.26. The van der Waals surface area contributed by atoms with Gasteiger partial charge in [-0.15, -0.1) is 0 Å². The molecule has 0 aliphatic carbocycles. The van der Waals surface area contributed by atoms with E-state index in [2.05, 4.69) is 31.2 Å². The van der Waals surface area contributed by atoms with E-state index in [1.165, 1.54) is 12.4 Å². The number of nitrogens with one attached hydrogen (secondary N) is 4. The fourth-order valence-electron chi connectivity index (χ4n) is 1.72. The Balaban J connectivity index is 1.63. The van der Waals surface area contributed by atoms with Gasteiger partial charge >= 0.3 is 12.1 Å². The van der Waals surface area contributed by atoms with Crippen LogP contribution >= 0.6 is 0 Å². The van der Waals surface area contributed by atoms with Gasteiger partial charge < -0.3 is 26.4 Å². The number of urea groups is 2. The van der Waals surface area contributed by atoms with Crippen LogP contribution in [0.1, 0.15) is 0 Å². The van der Waals surface area contributed by atoms with E-state index in [-0.39, 0.29) is 13.1 Å². The number of pyridine rings is 2. The van der Waals surface area contributed by atoms with Crippen molar-refractivity contribution in [3.8, 4) is 0 Å². The third-order valence-corrected chi connectivity index (χ3v) is 2.84. The predicted molar refractivity (Wildman–Crippen MR) is 88.5 cm³/mol. The van der Waals surface area contributed by atoms with Gasteiger partial charge in [0.2, 0.25) is 0 Å². The topological polar surface area (TPSA) is 128 Å². The van der Waals surface area contributed by atoms with Crippen molar-refractivity contribution < 1.29 is 14.7 Å². The van der Waals surface area contributed by atoms with E-state index < -0.39 is 18.2 Å². The number of hydrogen-bond donors (Lipinski definition) is 5. The van der Waals surface area contributed by atoms with E-state index in [1.54, 1.807) is 36.7 Å². The van der Waals surface area contributed by atoms with E-state index >= 15 is 0 Å². The molecule has 0 saturated carbocycles. The maximum Gasteiger partial charge on any atom is 0.319 e. The van der Waals surface area contributed by atoms with Crippen LogP contribution in [0.3, 0.4) is 0 Å². The van der Waals surface area contributed by atoms with Crippen molar-refractivity contribution in [1.82, 2.24) is 20.6 Å². The van der Waals surface area contributed by atoms with Gasteiger partial charge in [-0.25, -0.2) is 9.59 Å². The number of amides is 4. The summed E-state index contributed by atoms with van der Waals surface area (Å²) < 4.78 is 0. The number of carbonyl (C=O) groups excluding carboxylic acids is 2. The van der Waals surface area contributed by atoms with Gasteiger partial charge in [-0.3, -0.25) is 9.97 Å². The molecule has 0 atom stereocenters. The summed E-state index contributed by atoms with van der Waals surface area (Å²) in [5.74, 6) is 0. The first-order chi connectivity index (χ1) is 11.6. The van der Waals surface area contributed by atoms with E-state index in [0.29, 0.717) is 11.4 Å². The molecule has 9 nitrogen and oxygen atoms in total. The van der Waals surface area contributed by atoms with Gasteiger partial charge in [0, 0.05) is 25.5 Å². The molecule has 24 heavy (non-hydrogen) atoms. The van der Waals surface area contributed by atoms with Crippen LogP contribution in [0, 0.1) is 0 Å². The molecule has 2 heterocycles. The highest BCUT2D eigenvalue weighted by molar-refractivity contribution is 5.89. The van der Waals surface area contributed by atoms with Crippen molar-refractivity contribution in [3.63, 3.8) is 0 Å². The van der Waals surface area contributed by atoms with E-state index in [4.69, 9.17) is 0 Å². The van der Waals surface area contributed by atoms with Crippen molar-refractivity contribution in [3.05, 3.63) is 49.1 Å². The third-order valence-electron chi connectivity index (χ3n) is 2.84. The van der Waals surface area contributed by atoms with Crippen molar-refractivity contribution in [2.75, 3.05) is 23.7 Å². The Morgan fingerprint density at radius 2 is 1.38 bits per heavy atom. The molecule has 0 saturated heterocycles. The standard InChI is InChI=1S/C15H18N6O3/c22-13(9-18-14(23)20-11-3-1-5-16-7-11)10-19-15(24)21-12-4-2-6-17-8-12/h1-8,13,22H,9-10H2,(H2,18,20,23)(H2,19,21,24). The van der Waals surface area contributed by atoms with E-state index in [9.17, 15) is 14.7 Å². The molecule has 0 radical (unpaired) electrons. The van der Waals surface area contributed by atoms with Crippen LogP contribution < -0.4 is 21.3 Å². The fourth-order valence-corrected chi connectivity index (χ4v) is 1.72. The van der Waals surface area contributed by atoms with Crippen LogP contribution in [0.25, 0.3) is 0 Å². The van der Waals surface area contributed by atoms with Crippen LogP contribution in [-0.2, 0) is 0 Å². The summed E-state index contributed by atoms with van der Waals surface area (Å²) in [6, 6.07) is 5.81. The number of rotatable bonds is 6. The average molecular weight is 330 g/mol. The van der Waals surface area contributed by atoms with E-state index in [1.807, 2.05) is 0 Å². The normalized spacial score (nSPS) is 10.1. The molecule has 0 aliphatic heterocycles. The molecule has 2 aromatic rings. The summed E-state index contributed by atoms with van der Waals surface area (Å²) in [5.41, 5.74) is 1.08. The number of aliphatic hydroxyl groups is 1. The second-order valence-corrected chi connectivity index (χ2v) is 4.81. The molecular weight excluding hydrogens is 312 g/mol. The number of aromatic nitrogens is 2. The van der Waals surface area contributed by atoms with Gasteiger partial charge in [0.15, 0.2) is 0 Å². The average Bonchev–Trinajstić information content (AvgIpc) is 2.60. The third kappa shape index (κ3) is 6.28. The first-order valence-corrected chi connectivity index (χ1v) is 7.21. The number of nitrogens with zero attached hydrogens (tertiary/aromatic N) is 2. The molecule has 0 spiro atoms. The lowest BCUT2D eigenvalue weighted by atomic mass is 10.3. The smallest absolute Gasteiger partial charge is 0.319 e. The fraction of sp³-hybridized carbons (Fsp3) is 0.200. The lowest BCUT2D eigenvalue weighted by Crippen LogP contribution is -2.42. The van der Waals surface area contributed by atoms with E-state index in [0.717, 1.165) is 0 Å². The molecule has 0 aliphatic rings. The van der Waals surface area contributed by atoms with Gasteiger partial charge in [0.1, 0.15) is 0 Å². The lowest BCUT2D eigenvalue weighted by Gasteiger charge is -2.14. The Kier molecular flexibility index (Phi) is 6.47. The lowest BCUT2D eigenvalue weighted by molar-refractivity contribution is 0.170. The molecule has 0 bridgehead atoms. The molecule has 0 unspecified atom stereocenters. The molecule has 2 aromatic heterocycles. The minimum Gasteiger partial charge on any atom is -0.389 e. The SMILES string of the molecule is O=C(NCC(O)CNC(=O)Nc1cccnc1)Nc1cccnc1. The number of anilines is 2. The minimum absolute atomic E-state index is 0.0146. The van der Waals surface area contributed by atoms with Crippen LogP contribution in [0.15, 0.2) is 49.1 Å². The van der Waals surface area contributed by atoms with Gasteiger partial charge in [-0.05, 0) is 24.3 Å². The summed E-state index contributed by atoms with van der Waals surface area (Å²) in [5, 5.41) is 19.9. The maximum atomic E-state index is 11.6. The summed E-state index contributed by atoms with van der Waals surface area (Å²) >= 11 is 0. The molecule has 2 rings (SSSR count). The summed E-state index contributed by atoms with van der Waals surface area (Å²) in [4.78, 5) is 31.0. The first-order valence-electron chi connectivity index (χ1n) is 7.21. The second kappa shape index (κ2) is 9.06. The van der Waals surface area contributed by atoms with Gasteiger partial charge in [0.25, 0.3) is 0 Å². The summed E-state index contributed by atoms with van der Waals surface area (Å²) in [7, 11) is 0. The highest BCUT2D eigenvalue weighted by Gasteiger charge is 2.09. The largest absolute Gasteiger partial charge is 0.389 e. The Labute approximate surface area is 138 Å². The molecule has 0 aromatic carbocycles. The number of aliphatic hydroxyl groups excluding tert-OH is 1. The van der Waals surface area contributed by atoms with Crippen LogP contribution in [0.2, 0.25) is 0 Å². The zero-order valence-electron chi connectivity index (χ0n) is 12.8. The first kappa shape index (κ1) is 17.2.